The Morgan fingerprint density at radius 1 is 1.12 bits per heavy atom. The highest BCUT2D eigenvalue weighted by atomic mass is 16.4. The third kappa shape index (κ3) is 8.68. The van der Waals surface area contributed by atoms with Crippen molar-refractivity contribution in [3.05, 3.63) is 0 Å². The molecule has 0 bridgehead atoms. The van der Waals surface area contributed by atoms with Gasteiger partial charge in [0.25, 0.3) is 0 Å². The van der Waals surface area contributed by atoms with Crippen molar-refractivity contribution in [2.24, 2.45) is 5.92 Å². The number of hydrogen-bond acceptors (Lipinski definition) is 3. The average molecular weight is 245 g/mol. The number of aliphatic carboxylic acids is 2. The Bertz CT molecular complexity index is 227. The second-order valence-corrected chi connectivity index (χ2v) is 4.37. The maximum atomic E-state index is 10.6. The lowest BCUT2D eigenvalue weighted by Gasteiger charge is -2.24. The molecule has 0 aromatic heterocycles. The lowest BCUT2D eigenvalue weighted by Crippen LogP contribution is -2.37. The van der Waals surface area contributed by atoms with Crippen LogP contribution in [0, 0.1) is 5.92 Å². The van der Waals surface area contributed by atoms with Gasteiger partial charge in [-0.3, -0.25) is 14.5 Å². The van der Waals surface area contributed by atoms with Crippen LogP contribution >= 0.6 is 0 Å². The molecule has 5 heteroatoms. The summed E-state index contributed by atoms with van der Waals surface area (Å²) in [4.78, 5) is 22.8. The van der Waals surface area contributed by atoms with E-state index in [0.29, 0.717) is 12.5 Å². The van der Waals surface area contributed by atoms with Crippen LogP contribution in [0.1, 0.15) is 39.5 Å². The van der Waals surface area contributed by atoms with Crippen LogP contribution in [0.15, 0.2) is 0 Å². The highest BCUT2D eigenvalue weighted by molar-refractivity contribution is 5.72. The molecule has 0 fully saturated rings. The van der Waals surface area contributed by atoms with E-state index in [1.165, 1.54) is 4.90 Å². The summed E-state index contributed by atoms with van der Waals surface area (Å²) in [6, 6.07) is 0. The molecule has 2 N–H and O–H groups in total. The number of carboxylic acid groups (broad SMARTS) is 2. The molecule has 0 saturated carbocycles. The highest BCUT2D eigenvalue weighted by Gasteiger charge is 2.17. The van der Waals surface area contributed by atoms with Gasteiger partial charge in [-0.05, 0) is 12.3 Å². The topological polar surface area (TPSA) is 77.8 Å². The van der Waals surface area contributed by atoms with E-state index in [9.17, 15) is 9.59 Å². The second kappa shape index (κ2) is 8.98. The first-order valence-corrected chi connectivity index (χ1v) is 6.15. The lowest BCUT2D eigenvalue weighted by molar-refractivity contribution is -0.142. The normalized spacial score (nSPS) is 12.6. The molecule has 0 aromatic carbocycles. The van der Waals surface area contributed by atoms with E-state index in [1.54, 1.807) is 0 Å². The van der Waals surface area contributed by atoms with Gasteiger partial charge in [0.2, 0.25) is 0 Å². The predicted molar refractivity (Wildman–Crippen MR) is 65.0 cm³/mol. The van der Waals surface area contributed by atoms with Crippen LogP contribution in [-0.2, 0) is 9.59 Å². The maximum absolute atomic E-state index is 10.6. The molecule has 0 heterocycles. The molecule has 0 aromatic rings. The summed E-state index contributed by atoms with van der Waals surface area (Å²) in [6.45, 7) is 4.32. The van der Waals surface area contributed by atoms with Gasteiger partial charge in [0.05, 0.1) is 13.1 Å². The van der Waals surface area contributed by atoms with Gasteiger partial charge >= 0.3 is 11.9 Å². The van der Waals surface area contributed by atoms with Crippen molar-refractivity contribution >= 4 is 11.9 Å². The number of carboxylic acids is 2. The summed E-state index contributed by atoms with van der Waals surface area (Å²) in [5.41, 5.74) is 0. The molecule has 0 aliphatic rings. The molecular formula is C12H23NO4. The monoisotopic (exact) mass is 245 g/mol. The van der Waals surface area contributed by atoms with Crippen LogP contribution < -0.4 is 0 Å². The number of rotatable bonds is 10. The zero-order valence-corrected chi connectivity index (χ0v) is 10.7. The summed E-state index contributed by atoms with van der Waals surface area (Å²) < 4.78 is 0. The van der Waals surface area contributed by atoms with Crippen molar-refractivity contribution in [3.8, 4) is 0 Å². The summed E-state index contributed by atoms with van der Waals surface area (Å²) in [7, 11) is 0. The number of hydrogen-bond donors (Lipinski definition) is 2. The third-order valence-corrected chi connectivity index (χ3v) is 2.78. The van der Waals surface area contributed by atoms with Crippen molar-refractivity contribution in [2.75, 3.05) is 19.6 Å². The van der Waals surface area contributed by atoms with E-state index in [0.717, 1.165) is 25.7 Å². The van der Waals surface area contributed by atoms with Gasteiger partial charge in [0.15, 0.2) is 0 Å². The van der Waals surface area contributed by atoms with Crippen molar-refractivity contribution < 1.29 is 19.8 Å². The predicted octanol–water partition coefficient (Wildman–Crippen LogP) is 1.67. The van der Waals surface area contributed by atoms with E-state index in [4.69, 9.17) is 10.2 Å². The Kier molecular flexibility index (Phi) is 8.40. The number of nitrogens with zero attached hydrogens (tertiary/aromatic N) is 1. The van der Waals surface area contributed by atoms with Crippen molar-refractivity contribution in [3.63, 3.8) is 0 Å². The second-order valence-electron chi connectivity index (χ2n) is 4.37. The van der Waals surface area contributed by atoms with Crippen LogP contribution in [0.3, 0.4) is 0 Å². The van der Waals surface area contributed by atoms with Gasteiger partial charge in [-0.25, -0.2) is 0 Å². The summed E-state index contributed by atoms with van der Waals surface area (Å²) in [6.07, 6.45) is 4.19. The molecule has 1 unspecified atom stereocenters. The minimum absolute atomic E-state index is 0.199. The third-order valence-electron chi connectivity index (χ3n) is 2.78. The highest BCUT2D eigenvalue weighted by Crippen LogP contribution is 2.14. The molecule has 1 atom stereocenters. The molecule has 0 aliphatic carbocycles. The first kappa shape index (κ1) is 15.9. The molecular weight excluding hydrogens is 222 g/mol. The summed E-state index contributed by atoms with van der Waals surface area (Å²) >= 11 is 0. The van der Waals surface area contributed by atoms with Gasteiger partial charge in [0.1, 0.15) is 0 Å². The van der Waals surface area contributed by atoms with E-state index < -0.39 is 11.9 Å². The molecule has 17 heavy (non-hydrogen) atoms. The zero-order chi connectivity index (χ0) is 13.3. The summed E-state index contributed by atoms with van der Waals surface area (Å²) in [5, 5.41) is 17.4. The first-order valence-electron chi connectivity index (χ1n) is 6.15. The molecule has 100 valence electrons. The fourth-order valence-electron chi connectivity index (χ4n) is 1.85. The van der Waals surface area contributed by atoms with E-state index >= 15 is 0 Å². The fourth-order valence-corrected chi connectivity index (χ4v) is 1.85. The van der Waals surface area contributed by atoms with Crippen molar-refractivity contribution in [1.82, 2.24) is 4.90 Å². The quantitative estimate of drug-likeness (QED) is 0.612. The standard InChI is InChI=1S/C12H23NO4/c1-3-5-6-10(4-2)7-13(8-11(14)15)9-12(16)17/h10H,3-9H2,1-2H3,(H,14,15)(H,16,17). The van der Waals surface area contributed by atoms with Gasteiger partial charge in [-0.1, -0.05) is 33.1 Å². The Hall–Kier alpha value is -1.10. The van der Waals surface area contributed by atoms with Crippen LogP contribution in [0.2, 0.25) is 0 Å². The van der Waals surface area contributed by atoms with Gasteiger partial charge in [-0.15, -0.1) is 0 Å². The van der Waals surface area contributed by atoms with Gasteiger partial charge in [-0.2, -0.15) is 0 Å². The average Bonchev–Trinajstić information content (AvgIpc) is 2.22. The van der Waals surface area contributed by atoms with Crippen molar-refractivity contribution in [1.29, 1.82) is 0 Å². The maximum Gasteiger partial charge on any atom is 0.317 e. The molecule has 0 radical (unpaired) electrons. The zero-order valence-electron chi connectivity index (χ0n) is 10.7. The molecule has 0 saturated heterocycles. The SMILES string of the molecule is CCCCC(CC)CN(CC(=O)O)CC(=O)O. The van der Waals surface area contributed by atoms with Crippen LogP contribution in [0.5, 0.6) is 0 Å². The Morgan fingerprint density at radius 3 is 2.00 bits per heavy atom. The van der Waals surface area contributed by atoms with Crippen molar-refractivity contribution in [2.45, 2.75) is 39.5 Å². The van der Waals surface area contributed by atoms with Crippen LogP contribution in [-0.4, -0.2) is 46.7 Å². The van der Waals surface area contributed by atoms with E-state index in [2.05, 4.69) is 13.8 Å². The number of unbranched alkanes of at least 4 members (excludes halogenated alkanes) is 1. The molecule has 0 aliphatic heterocycles. The lowest BCUT2D eigenvalue weighted by atomic mass is 9.99. The van der Waals surface area contributed by atoms with E-state index in [-0.39, 0.29) is 13.1 Å². The minimum Gasteiger partial charge on any atom is -0.480 e. The first-order chi connectivity index (χ1) is 7.99. The smallest absolute Gasteiger partial charge is 0.317 e. The van der Waals surface area contributed by atoms with Gasteiger partial charge in [0, 0.05) is 6.54 Å². The largest absolute Gasteiger partial charge is 0.480 e. The minimum atomic E-state index is -0.975. The fraction of sp³-hybridized carbons (Fsp3) is 0.833. The Balaban J connectivity index is 4.25. The molecule has 0 spiro atoms. The Labute approximate surface area is 102 Å². The molecule has 0 amide bonds. The van der Waals surface area contributed by atoms with Gasteiger partial charge < -0.3 is 10.2 Å². The van der Waals surface area contributed by atoms with Crippen LogP contribution in [0.25, 0.3) is 0 Å². The summed E-state index contributed by atoms with van der Waals surface area (Å²) in [5.74, 6) is -1.57. The molecule has 5 nitrogen and oxygen atoms in total. The van der Waals surface area contributed by atoms with E-state index in [1.807, 2.05) is 0 Å². The molecule has 0 rings (SSSR count). The number of carbonyl (C=O) groups is 2. The Morgan fingerprint density at radius 2 is 1.65 bits per heavy atom. The van der Waals surface area contributed by atoms with Crippen LogP contribution in [0.4, 0.5) is 0 Å².